The highest BCUT2D eigenvalue weighted by atomic mass is 32.2. The van der Waals surface area contributed by atoms with Crippen molar-refractivity contribution in [1.82, 2.24) is 19.9 Å². The molecule has 0 aliphatic rings. The Morgan fingerprint density at radius 1 is 0.433 bits per heavy atom. The number of nitrogens with zero attached hydrogens (tertiary/aromatic N) is 6. The Kier molecular flexibility index (Phi) is 9.30. The van der Waals surface area contributed by atoms with E-state index in [1.807, 2.05) is 84.9 Å². The van der Waals surface area contributed by atoms with Crippen LogP contribution in [0.1, 0.15) is 11.1 Å². The fourth-order valence-corrected chi connectivity index (χ4v) is 13.4. The van der Waals surface area contributed by atoms with Crippen LogP contribution >= 0.6 is 45.3 Å². The first-order valence-corrected chi connectivity index (χ1v) is 24.1. The molecule has 4 heterocycles. The molecule has 10 rings (SSSR count). The van der Waals surface area contributed by atoms with Crippen molar-refractivity contribution < 1.29 is 25.9 Å². The van der Waals surface area contributed by atoms with Crippen molar-refractivity contribution in [2.45, 2.75) is 23.6 Å². The summed E-state index contributed by atoms with van der Waals surface area (Å²) in [6.07, 6.45) is 0. The van der Waals surface area contributed by atoms with Crippen molar-refractivity contribution in [2.75, 3.05) is 0 Å². The van der Waals surface area contributed by atoms with Crippen LogP contribution in [-0.4, -0.2) is 45.9 Å². The molecule has 0 radical (unpaired) electrons. The van der Waals surface area contributed by atoms with Gasteiger partial charge in [0.05, 0.1) is 52.2 Å². The number of hydrogen-bond donors (Lipinski definition) is 2. The molecule has 0 atom stereocenters. The Balaban J connectivity index is 0.838. The van der Waals surface area contributed by atoms with Crippen molar-refractivity contribution in [3.8, 4) is 42.3 Å². The predicted molar refractivity (Wildman–Crippen MR) is 241 cm³/mol. The normalized spacial score (nSPS) is 12.5. The van der Waals surface area contributed by atoms with Crippen molar-refractivity contribution >= 4 is 118 Å². The second kappa shape index (κ2) is 14.5. The van der Waals surface area contributed by atoms with Crippen molar-refractivity contribution in [1.29, 1.82) is 0 Å². The molecule has 6 aromatic carbocycles. The first kappa shape index (κ1) is 38.5. The minimum Gasteiger partial charge on any atom is -0.282 e. The van der Waals surface area contributed by atoms with Gasteiger partial charge in [0, 0.05) is 22.3 Å². The van der Waals surface area contributed by atoms with E-state index in [0.717, 1.165) is 52.7 Å². The van der Waals surface area contributed by atoms with Crippen LogP contribution in [-0.2, 0) is 20.2 Å². The molecule has 10 aromatic rings. The molecular formula is C42H26N6O6S6. The standard InChI is InChI=1S/C42H26N6O6S6/c1-21-3-15-30-35(37(21)59(49,50)51)57-41(44-30)25-10-18-33-32(19-25)46-40(55-33)24-7-13-28(14-8-24)48-47-27-11-5-23(6-12-27)39-43-29-17-9-26(20-34(29)56-39)42-45-31-16-4-22(2)38(36(31)58-42)60(52,53)54/h3-20H,1-2H3,(H,49,50,51)(H,52,53,54). The highest BCUT2D eigenvalue weighted by molar-refractivity contribution is 7.86. The van der Waals surface area contributed by atoms with Gasteiger partial charge in [0.25, 0.3) is 20.2 Å². The number of fused-ring (bicyclic) bond motifs is 4. The zero-order valence-electron chi connectivity index (χ0n) is 31.1. The molecule has 18 heteroatoms. The average Bonchev–Trinajstić information content (AvgIpc) is 4.03. The Labute approximate surface area is 357 Å². The third kappa shape index (κ3) is 7.09. The summed E-state index contributed by atoms with van der Waals surface area (Å²) in [5.41, 5.74) is 8.41. The maximum absolute atomic E-state index is 12.1. The largest absolute Gasteiger partial charge is 0.296 e. The number of hydrogen-bond acceptors (Lipinski definition) is 14. The first-order chi connectivity index (χ1) is 28.7. The van der Waals surface area contributed by atoms with Crippen molar-refractivity contribution in [2.24, 2.45) is 10.2 Å². The molecule has 4 aromatic heterocycles. The number of aryl methyl sites for hydroxylation is 2. The van der Waals surface area contributed by atoms with Crippen LogP contribution < -0.4 is 0 Å². The van der Waals surface area contributed by atoms with Gasteiger partial charge in [0.15, 0.2) is 0 Å². The topological polar surface area (TPSA) is 185 Å². The lowest BCUT2D eigenvalue weighted by atomic mass is 10.2. The molecule has 0 saturated heterocycles. The molecule has 60 heavy (non-hydrogen) atoms. The fourth-order valence-electron chi connectivity index (χ4n) is 6.84. The molecule has 0 aliphatic carbocycles. The summed E-state index contributed by atoms with van der Waals surface area (Å²) in [4.78, 5) is 18.8. The number of rotatable bonds is 8. The van der Waals surface area contributed by atoms with E-state index in [1.165, 1.54) is 34.0 Å². The highest BCUT2D eigenvalue weighted by Crippen LogP contribution is 2.41. The number of aromatic nitrogens is 4. The van der Waals surface area contributed by atoms with Crippen molar-refractivity contribution in [3.63, 3.8) is 0 Å². The van der Waals surface area contributed by atoms with Crippen LogP contribution in [0, 0.1) is 13.8 Å². The van der Waals surface area contributed by atoms with Gasteiger partial charge < -0.3 is 0 Å². The molecule has 0 aliphatic heterocycles. The summed E-state index contributed by atoms with van der Waals surface area (Å²) in [7, 11) is -8.82. The van der Waals surface area contributed by atoms with E-state index in [0.29, 0.717) is 53.0 Å². The van der Waals surface area contributed by atoms with Crippen LogP contribution in [0.2, 0.25) is 0 Å². The molecule has 0 saturated carbocycles. The Morgan fingerprint density at radius 3 is 1.35 bits per heavy atom. The quantitative estimate of drug-likeness (QED) is 0.110. The van der Waals surface area contributed by atoms with Gasteiger partial charge >= 0.3 is 0 Å². The molecular weight excluding hydrogens is 877 g/mol. The van der Waals surface area contributed by atoms with E-state index in [2.05, 4.69) is 20.2 Å². The molecule has 12 nitrogen and oxygen atoms in total. The van der Waals surface area contributed by atoms with E-state index in [1.54, 1.807) is 49.4 Å². The van der Waals surface area contributed by atoms with Crippen LogP contribution in [0.5, 0.6) is 0 Å². The molecule has 2 N–H and O–H groups in total. The average molecular weight is 903 g/mol. The molecule has 0 unspecified atom stereocenters. The van der Waals surface area contributed by atoms with Gasteiger partial charge in [0.2, 0.25) is 0 Å². The lowest BCUT2D eigenvalue weighted by Gasteiger charge is -2.02. The summed E-state index contributed by atoms with van der Waals surface area (Å²) in [5, 5.41) is 11.8. The van der Waals surface area contributed by atoms with Gasteiger partial charge in [-0.15, -0.1) is 45.3 Å². The Morgan fingerprint density at radius 2 is 0.833 bits per heavy atom. The van der Waals surface area contributed by atoms with Gasteiger partial charge in [-0.2, -0.15) is 27.1 Å². The van der Waals surface area contributed by atoms with Gasteiger partial charge in [-0.05, 0) is 116 Å². The van der Waals surface area contributed by atoms with E-state index in [9.17, 15) is 25.9 Å². The van der Waals surface area contributed by atoms with Gasteiger partial charge in [0.1, 0.15) is 29.8 Å². The minimum absolute atomic E-state index is 0.105. The SMILES string of the molecule is Cc1ccc2nc(-c3ccc4sc(-c5ccc(N=Nc6ccc(-c7nc8ccc(-c9nc%10ccc(C)c(S(=O)(=O)O)c%10s9)cc8s7)cc6)cc5)nc4c3)sc2c1S(=O)(=O)O. The third-order valence-electron chi connectivity index (χ3n) is 9.71. The van der Waals surface area contributed by atoms with E-state index in [-0.39, 0.29) is 9.79 Å². The lowest BCUT2D eigenvalue weighted by Crippen LogP contribution is -2.00. The first-order valence-electron chi connectivity index (χ1n) is 17.9. The minimum atomic E-state index is -4.41. The molecule has 0 bridgehead atoms. The maximum atomic E-state index is 12.1. The molecule has 0 spiro atoms. The van der Waals surface area contributed by atoms with Gasteiger partial charge in [-0.3, -0.25) is 9.11 Å². The fraction of sp³-hybridized carbons (Fsp3) is 0.0476. The molecule has 0 fully saturated rings. The zero-order chi connectivity index (χ0) is 41.5. The Hall–Kier alpha value is -5.70. The van der Waals surface area contributed by atoms with Gasteiger partial charge in [-0.25, -0.2) is 19.9 Å². The smallest absolute Gasteiger partial charge is 0.282 e. The number of benzene rings is 6. The number of azo groups is 1. The molecule has 0 amide bonds. The van der Waals surface area contributed by atoms with E-state index >= 15 is 0 Å². The second-order valence-electron chi connectivity index (χ2n) is 13.8. The molecule has 296 valence electrons. The Bertz CT molecular complexity index is 3390. The summed E-state index contributed by atoms with van der Waals surface area (Å²) in [5.74, 6) is 0. The summed E-state index contributed by atoms with van der Waals surface area (Å²) < 4.78 is 70.9. The van der Waals surface area contributed by atoms with E-state index in [4.69, 9.17) is 9.97 Å². The summed E-state index contributed by atoms with van der Waals surface area (Å²) in [6.45, 7) is 3.29. The summed E-state index contributed by atoms with van der Waals surface area (Å²) >= 11 is 5.55. The lowest BCUT2D eigenvalue weighted by molar-refractivity contribution is 0.481. The third-order valence-corrected chi connectivity index (χ3v) is 16.5. The zero-order valence-corrected chi connectivity index (χ0v) is 36.0. The summed E-state index contributed by atoms with van der Waals surface area (Å²) in [6, 6.07) is 33.9. The number of thiazole rings is 4. The van der Waals surface area contributed by atoms with Crippen LogP contribution in [0.4, 0.5) is 11.4 Å². The highest BCUT2D eigenvalue weighted by Gasteiger charge is 2.23. The predicted octanol–water partition coefficient (Wildman–Crippen LogP) is 12.3. The van der Waals surface area contributed by atoms with Crippen LogP contribution in [0.3, 0.4) is 0 Å². The van der Waals surface area contributed by atoms with Gasteiger partial charge in [-0.1, -0.05) is 18.2 Å². The van der Waals surface area contributed by atoms with E-state index < -0.39 is 20.2 Å². The monoisotopic (exact) mass is 902 g/mol. The van der Waals surface area contributed by atoms with Crippen LogP contribution in [0.25, 0.3) is 83.2 Å². The second-order valence-corrected chi connectivity index (χ2v) is 20.6. The van der Waals surface area contributed by atoms with Crippen molar-refractivity contribution in [3.05, 3.63) is 120 Å². The van der Waals surface area contributed by atoms with Crippen LogP contribution in [0.15, 0.2) is 129 Å². The maximum Gasteiger partial charge on any atom is 0.296 e.